The fourth-order valence-electron chi connectivity index (χ4n) is 2.51. The molecular weight excluding hydrogens is 229 g/mol. The molecule has 0 radical (unpaired) electrons. The molecule has 3 rings (SSSR count). The molecule has 1 unspecified atom stereocenters. The van der Waals surface area contributed by atoms with Crippen molar-refractivity contribution in [3.05, 3.63) is 47.8 Å². The zero-order chi connectivity index (χ0) is 12.5. The number of imidazole rings is 1. The Balaban J connectivity index is 2.06. The molecule has 0 spiro atoms. The van der Waals surface area contributed by atoms with Gasteiger partial charge in [-0.1, -0.05) is 6.07 Å². The van der Waals surface area contributed by atoms with Gasteiger partial charge in [0.25, 0.3) is 0 Å². The molecule has 0 amide bonds. The van der Waals surface area contributed by atoms with E-state index in [1.807, 2.05) is 23.8 Å². The van der Waals surface area contributed by atoms with Crippen LogP contribution in [0.2, 0.25) is 0 Å². The van der Waals surface area contributed by atoms with Crippen LogP contribution in [0.3, 0.4) is 0 Å². The molecular formula is C14H16FN3. The van der Waals surface area contributed by atoms with E-state index in [-0.39, 0.29) is 11.9 Å². The van der Waals surface area contributed by atoms with Gasteiger partial charge < -0.3 is 5.32 Å². The van der Waals surface area contributed by atoms with Crippen LogP contribution < -0.4 is 5.32 Å². The van der Waals surface area contributed by atoms with Crippen molar-refractivity contribution in [2.24, 2.45) is 0 Å². The van der Waals surface area contributed by atoms with Gasteiger partial charge in [0.2, 0.25) is 0 Å². The summed E-state index contributed by atoms with van der Waals surface area (Å²) in [7, 11) is 0. The van der Waals surface area contributed by atoms with Gasteiger partial charge in [-0.3, -0.25) is 4.57 Å². The minimum absolute atomic E-state index is 0.210. The lowest BCUT2D eigenvalue weighted by Gasteiger charge is -2.14. The quantitative estimate of drug-likeness (QED) is 0.881. The number of halogens is 1. The van der Waals surface area contributed by atoms with Gasteiger partial charge in [-0.05, 0) is 44.0 Å². The van der Waals surface area contributed by atoms with Gasteiger partial charge in [-0.2, -0.15) is 0 Å². The van der Waals surface area contributed by atoms with Crippen LogP contribution in [0.4, 0.5) is 4.39 Å². The summed E-state index contributed by atoms with van der Waals surface area (Å²) in [6, 6.07) is 5.43. The van der Waals surface area contributed by atoms with Crippen LogP contribution in [-0.4, -0.2) is 16.1 Å². The van der Waals surface area contributed by atoms with Crippen molar-refractivity contribution < 1.29 is 4.39 Å². The Morgan fingerprint density at radius 1 is 1.44 bits per heavy atom. The third-order valence-corrected chi connectivity index (χ3v) is 3.45. The molecule has 94 valence electrons. The predicted molar refractivity (Wildman–Crippen MR) is 68.2 cm³/mol. The third kappa shape index (κ3) is 1.93. The van der Waals surface area contributed by atoms with Gasteiger partial charge in [-0.25, -0.2) is 9.37 Å². The number of nitrogens with one attached hydrogen (secondary N) is 1. The van der Waals surface area contributed by atoms with Gasteiger partial charge in [0.15, 0.2) is 0 Å². The number of aromatic nitrogens is 2. The lowest BCUT2D eigenvalue weighted by atomic mass is 10.1. The van der Waals surface area contributed by atoms with Crippen molar-refractivity contribution in [1.29, 1.82) is 0 Å². The van der Waals surface area contributed by atoms with Gasteiger partial charge in [-0.15, -0.1) is 0 Å². The van der Waals surface area contributed by atoms with E-state index in [0.29, 0.717) is 5.69 Å². The maximum Gasteiger partial charge on any atom is 0.147 e. The summed E-state index contributed by atoms with van der Waals surface area (Å²) in [5.74, 6) is -0.210. The molecule has 1 atom stereocenters. The molecule has 0 aliphatic carbocycles. The van der Waals surface area contributed by atoms with E-state index in [1.165, 1.54) is 6.07 Å². The van der Waals surface area contributed by atoms with Crippen LogP contribution in [0.5, 0.6) is 0 Å². The second-order valence-electron chi connectivity index (χ2n) is 4.79. The van der Waals surface area contributed by atoms with Crippen LogP contribution in [0.25, 0.3) is 5.69 Å². The Morgan fingerprint density at radius 2 is 2.33 bits per heavy atom. The highest BCUT2D eigenvalue weighted by Gasteiger charge is 2.21. The van der Waals surface area contributed by atoms with Crippen molar-refractivity contribution >= 4 is 0 Å². The van der Waals surface area contributed by atoms with E-state index in [0.717, 1.165) is 30.6 Å². The van der Waals surface area contributed by atoms with Crippen LogP contribution in [0.15, 0.2) is 30.7 Å². The molecule has 18 heavy (non-hydrogen) atoms. The molecule has 4 heteroatoms. The van der Waals surface area contributed by atoms with Crippen molar-refractivity contribution in [2.75, 3.05) is 6.54 Å². The van der Waals surface area contributed by atoms with Gasteiger partial charge >= 0.3 is 0 Å². The second-order valence-corrected chi connectivity index (χ2v) is 4.79. The summed E-state index contributed by atoms with van der Waals surface area (Å²) in [5.41, 5.74) is 2.67. The zero-order valence-electron chi connectivity index (χ0n) is 10.4. The molecule has 1 aromatic heterocycles. The first-order valence-corrected chi connectivity index (χ1v) is 6.28. The number of nitrogens with zero attached hydrogens (tertiary/aromatic N) is 2. The fraction of sp³-hybridized carbons (Fsp3) is 0.357. The predicted octanol–water partition coefficient (Wildman–Crippen LogP) is 2.74. The second kappa shape index (κ2) is 4.53. The highest BCUT2D eigenvalue weighted by Crippen LogP contribution is 2.26. The van der Waals surface area contributed by atoms with Crippen molar-refractivity contribution in [3.8, 4) is 5.69 Å². The molecule has 0 bridgehead atoms. The topological polar surface area (TPSA) is 29.9 Å². The lowest BCUT2D eigenvalue weighted by Crippen LogP contribution is -2.16. The summed E-state index contributed by atoms with van der Waals surface area (Å²) in [6.45, 7) is 2.99. The molecule has 1 fully saturated rings. The fourth-order valence-corrected chi connectivity index (χ4v) is 2.51. The van der Waals surface area contributed by atoms with Crippen LogP contribution >= 0.6 is 0 Å². The summed E-state index contributed by atoms with van der Waals surface area (Å²) >= 11 is 0. The Hall–Kier alpha value is -1.68. The first-order chi connectivity index (χ1) is 8.75. The molecule has 3 nitrogen and oxygen atoms in total. The van der Waals surface area contributed by atoms with Gasteiger partial charge in [0.05, 0.1) is 23.9 Å². The highest BCUT2D eigenvalue weighted by atomic mass is 19.1. The third-order valence-electron chi connectivity index (χ3n) is 3.45. The van der Waals surface area contributed by atoms with Gasteiger partial charge in [0, 0.05) is 6.04 Å². The smallest absolute Gasteiger partial charge is 0.147 e. The monoisotopic (exact) mass is 245 g/mol. The first kappa shape index (κ1) is 11.4. The lowest BCUT2D eigenvalue weighted by molar-refractivity contribution is 0.590. The van der Waals surface area contributed by atoms with Crippen molar-refractivity contribution in [1.82, 2.24) is 14.9 Å². The number of rotatable bonds is 2. The van der Waals surface area contributed by atoms with E-state index in [4.69, 9.17) is 0 Å². The summed E-state index contributed by atoms with van der Waals surface area (Å²) in [4.78, 5) is 4.17. The Bertz CT molecular complexity index is 556. The van der Waals surface area contributed by atoms with Crippen LogP contribution in [0, 0.1) is 12.7 Å². The van der Waals surface area contributed by atoms with Crippen LogP contribution in [-0.2, 0) is 0 Å². The van der Waals surface area contributed by atoms with Crippen molar-refractivity contribution in [3.63, 3.8) is 0 Å². The molecule has 1 aromatic carbocycles. The number of aryl methyl sites for hydroxylation is 1. The van der Waals surface area contributed by atoms with Gasteiger partial charge in [0.1, 0.15) is 5.82 Å². The standard InChI is InChI=1S/C14H16FN3/c1-10-4-5-11(15)13(7-10)18-9-16-8-14(18)12-3-2-6-17-12/h4-5,7-9,12,17H,2-3,6H2,1H3. The van der Waals surface area contributed by atoms with E-state index in [1.54, 1.807) is 12.4 Å². The number of hydrogen-bond donors (Lipinski definition) is 1. The molecule has 1 aliphatic rings. The normalized spacial score (nSPS) is 19.3. The molecule has 1 N–H and O–H groups in total. The maximum atomic E-state index is 13.9. The van der Waals surface area contributed by atoms with E-state index in [2.05, 4.69) is 10.3 Å². The molecule has 2 aromatic rings. The number of benzene rings is 1. The first-order valence-electron chi connectivity index (χ1n) is 6.28. The van der Waals surface area contributed by atoms with Crippen LogP contribution in [0.1, 0.15) is 30.1 Å². The average molecular weight is 245 g/mol. The molecule has 1 saturated heterocycles. The maximum absolute atomic E-state index is 13.9. The van der Waals surface area contributed by atoms with E-state index >= 15 is 0 Å². The minimum Gasteiger partial charge on any atom is -0.309 e. The Morgan fingerprint density at radius 3 is 3.11 bits per heavy atom. The highest BCUT2D eigenvalue weighted by molar-refractivity contribution is 5.39. The van der Waals surface area contributed by atoms with Crippen molar-refractivity contribution in [2.45, 2.75) is 25.8 Å². The SMILES string of the molecule is Cc1ccc(F)c(-n2cncc2C2CCCN2)c1. The minimum atomic E-state index is -0.210. The molecule has 2 heterocycles. The largest absolute Gasteiger partial charge is 0.309 e. The average Bonchev–Trinajstić information content (AvgIpc) is 3.00. The van der Waals surface area contributed by atoms with E-state index < -0.39 is 0 Å². The zero-order valence-corrected chi connectivity index (χ0v) is 10.4. The Kier molecular flexibility index (Phi) is 2.88. The molecule has 0 saturated carbocycles. The summed E-state index contributed by atoms with van der Waals surface area (Å²) < 4.78 is 15.8. The summed E-state index contributed by atoms with van der Waals surface area (Å²) in [5, 5.41) is 3.42. The number of hydrogen-bond acceptors (Lipinski definition) is 2. The summed E-state index contributed by atoms with van der Waals surface area (Å²) in [6.07, 6.45) is 5.75. The van der Waals surface area contributed by atoms with E-state index in [9.17, 15) is 4.39 Å². The Labute approximate surface area is 106 Å². The molecule has 1 aliphatic heterocycles.